The third-order valence-electron chi connectivity index (χ3n) is 1.35. The monoisotopic (exact) mass is 238 g/mol. The molecule has 0 amide bonds. The zero-order valence-corrected chi connectivity index (χ0v) is 8.60. The highest BCUT2D eigenvalue weighted by Gasteiger charge is 2.14. The molecule has 1 aromatic carbocycles. The molecule has 5 heteroatoms. The maximum Gasteiger partial charge on any atom is 0.405 e. The molecule has 2 nitrogen and oxygen atoms in total. The minimum Gasteiger partial charge on any atom is -0.429 e. The second-order valence-corrected chi connectivity index (χ2v) is 3.31. The first-order valence-electron chi connectivity index (χ1n) is 3.36. The number of carbonyl (C=O) groups is 1. The van der Waals surface area contributed by atoms with Crippen molar-refractivity contribution in [3.05, 3.63) is 34.9 Å². The van der Waals surface area contributed by atoms with E-state index in [4.69, 9.17) is 34.8 Å². The number of ether oxygens (including phenoxy) is 1. The van der Waals surface area contributed by atoms with Crippen LogP contribution in [-0.4, -0.2) is 5.43 Å². The number of rotatable bonds is 2. The summed E-state index contributed by atoms with van der Waals surface area (Å²) >= 11 is 16.5. The van der Waals surface area contributed by atoms with Crippen LogP contribution in [0.5, 0.6) is 0 Å². The van der Waals surface area contributed by atoms with Crippen molar-refractivity contribution in [1.82, 2.24) is 0 Å². The van der Waals surface area contributed by atoms with E-state index >= 15 is 0 Å². The molecular weight excluding hydrogens is 234 g/mol. The van der Waals surface area contributed by atoms with E-state index in [9.17, 15) is 4.79 Å². The summed E-state index contributed by atoms with van der Waals surface area (Å²) in [6.07, 6.45) is 0. The smallest absolute Gasteiger partial charge is 0.405 e. The van der Waals surface area contributed by atoms with Gasteiger partial charge in [0.05, 0.1) is 0 Å². The largest absolute Gasteiger partial charge is 0.429 e. The lowest BCUT2D eigenvalue weighted by Gasteiger charge is -2.09. The first-order chi connectivity index (χ1) is 6.11. The minimum absolute atomic E-state index is 0.431. The van der Waals surface area contributed by atoms with E-state index in [1.807, 2.05) is 0 Å². The molecule has 0 heterocycles. The van der Waals surface area contributed by atoms with Gasteiger partial charge in [-0.25, -0.2) is 4.79 Å². The second kappa shape index (κ2) is 4.70. The third-order valence-corrected chi connectivity index (χ3v) is 2.10. The summed E-state index contributed by atoms with van der Waals surface area (Å²) in [6.45, 7) is 0. The lowest BCUT2D eigenvalue weighted by Crippen LogP contribution is -1.99. The van der Waals surface area contributed by atoms with Crippen LogP contribution in [0.3, 0.4) is 0 Å². The summed E-state index contributed by atoms with van der Waals surface area (Å²) < 4.78 is 4.52. The molecule has 0 saturated heterocycles. The van der Waals surface area contributed by atoms with E-state index in [1.165, 1.54) is 0 Å². The average molecular weight is 239 g/mol. The summed E-state index contributed by atoms with van der Waals surface area (Å²) in [4.78, 5) is 10.4. The Morgan fingerprint density at radius 3 is 2.54 bits per heavy atom. The Hall–Kier alpha value is -0.440. The van der Waals surface area contributed by atoms with E-state index in [-0.39, 0.29) is 0 Å². The highest BCUT2D eigenvalue weighted by atomic mass is 35.5. The number of halogens is 3. The molecule has 0 N–H and O–H groups in total. The Bertz CT molecular complexity index is 314. The zero-order valence-electron chi connectivity index (χ0n) is 6.34. The van der Waals surface area contributed by atoms with E-state index in [0.29, 0.717) is 10.6 Å². The summed E-state index contributed by atoms with van der Waals surface area (Å²) in [5.74, 6) is 0. The normalized spacial score (nSPS) is 12.2. The van der Waals surface area contributed by atoms with Crippen LogP contribution in [0.1, 0.15) is 11.1 Å². The highest BCUT2D eigenvalue weighted by Crippen LogP contribution is 2.28. The van der Waals surface area contributed by atoms with Gasteiger partial charge in [-0.1, -0.05) is 41.4 Å². The lowest BCUT2D eigenvalue weighted by molar-refractivity contribution is 0.160. The second-order valence-electron chi connectivity index (χ2n) is 2.19. The zero-order chi connectivity index (χ0) is 9.84. The van der Waals surface area contributed by atoms with Gasteiger partial charge in [0.25, 0.3) is 0 Å². The molecule has 0 saturated carbocycles. The number of benzene rings is 1. The van der Waals surface area contributed by atoms with Gasteiger partial charge in [0.1, 0.15) is 0 Å². The van der Waals surface area contributed by atoms with Crippen LogP contribution in [0.2, 0.25) is 5.02 Å². The van der Waals surface area contributed by atoms with Crippen LogP contribution in [0.4, 0.5) is 4.79 Å². The summed E-state index contributed by atoms with van der Waals surface area (Å²) in [5.41, 5.74) is -1.39. The number of carbonyl (C=O) groups excluding carboxylic acids is 1. The maximum absolute atomic E-state index is 10.4. The van der Waals surface area contributed by atoms with Gasteiger partial charge < -0.3 is 4.74 Å². The van der Waals surface area contributed by atoms with Gasteiger partial charge in [0.15, 0.2) is 0 Å². The minimum atomic E-state index is -0.958. The number of hydrogen-bond donors (Lipinski definition) is 0. The van der Waals surface area contributed by atoms with Crippen LogP contribution in [0, 0.1) is 0 Å². The van der Waals surface area contributed by atoms with Crippen molar-refractivity contribution in [2.45, 2.75) is 5.56 Å². The SMILES string of the molecule is O=C(Cl)OC(Cl)c1ccccc1Cl. The van der Waals surface area contributed by atoms with Gasteiger partial charge >= 0.3 is 5.43 Å². The van der Waals surface area contributed by atoms with Gasteiger partial charge in [-0.2, -0.15) is 0 Å². The van der Waals surface area contributed by atoms with Crippen molar-refractivity contribution in [2.75, 3.05) is 0 Å². The Kier molecular flexibility index (Phi) is 3.85. The summed E-state index contributed by atoms with van der Waals surface area (Å²) in [7, 11) is 0. The van der Waals surface area contributed by atoms with Crippen molar-refractivity contribution in [3.8, 4) is 0 Å². The fourth-order valence-corrected chi connectivity index (χ4v) is 1.50. The van der Waals surface area contributed by atoms with Crippen molar-refractivity contribution >= 4 is 40.2 Å². The van der Waals surface area contributed by atoms with Crippen molar-refractivity contribution < 1.29 is 9.53 Å². The highest BCUT2D eigenvalue weighted by molar-refractivity contribution is 6.61. The maximum atomic E-state index is 10.4. The molecule has 1 aromatic rings. The number of hydrogen-bond acceptors (Lipinski definition) is 2. The molecule has 0 bridgehead atoms. The molecule has 0 aliphatic carbocycles. The summed E-state index contributed by atoms with van der Waals surface area (Å²) in [6, 6.07) is 6.78. The van der Waals surface area contributed by atoms with Gasteiger partial charge in [-0.05, 0) is 6.07 Å². The molecule has 0 aliphatic rings. The van der Waals surface area contributed by atoms with Crippen molar-refractivity contribution in [3.63, 3.8) is 0 Å². The third kappa shape index (κ3) is 3.07. The van der Waals surface area contributed by atoms with Crippen LogP contribution < -0.4 is 0 Å². The van der Waals surface area contributed by atoms with Gasteiger partial charge in [0, 0.05) is 22.2 Å². The molecule has 0 radical (unpaired) electrons. The van der Waals surface area contributed by atoms with E-state index in [2.05, 4.69) is 4.74 Å². The van der Waals surface area contributed by atoms with Gasteiger partial charge in [-0.15, -0.1) is 0 Å². The predicted molar refractivity (Wildman–Crippen MR) is 52.4 cm³/mol. The topological polar surface area (TPSA) is 26.3 Å². The molecule has 1 atom stereocenters. The fraction of sp³-hybridized carbons (Fsp3) is 0.125. The molecule has 0 aliphatic heterocycles. The first kappa shape index (κ1) is 10.6. The van der Waals surface area contributed by atoms with E-state index < -0.39 is 11.0 Å². The van der Waals surface area contributed by atoms with Crippen LogP contribution in [0.15, 0.2) is 24.3 Å². The summed E-state index contributed by atoms with van der Waals surface area (Å²) in [5, 5.41) is 0.431. The van der Waals surface area contributed by atoms with Crippen LogP contribution in [0.25, 0.3) is 0 Å². The molecule has 13 heavy (non-hydrogen) atoms. The average Bonchev–Trinajstić information content (AvgIpc) is 2.03. The van der Waals surface area contributed by atoms with Gasteiger partial charge in [0.2, 0.25) is 5.56 Å². The van der Waals surface area contributed by atoms with Crippen molar-refractivity contribution in [2.24, 2.45) is 0 Å². The van der Waals surface area contributed by atoms with E-state index in [1.54, 1.807) is 24.3 Å². The molecule has 1 unspecified atom stereocenters. The number of alkyl halides is 1. The van der Waals surface area contributed by atoms with Crippen LogP contribution >= 0.6 is 34.8 Å². The predicted octanol–water partition coefficient (Wildman–Crippen LogP) is 3.95. The molecule has 70 valence electrons. The van der Waals surface area contributed by atoms with Gasteiger partial charge in [-0.3, -0.25) is 0 Å². The van der Waals surface area contributed by atoms with Crippen LogP contribution in [-0.2, 0) is 4.74 Å². The lowest BCUT2D eigenvalue weighted by atomic mass is 10.2. The standard InChI is InChI=1S/C8H5Cl3O2/c9-6-4-2-1-3-5(6)7(10)13-8(11)12/h1-4,7H. The Morgan fingerprint density at radius 2 is 2.00 bits per heavy atom. The molecule has 0 aromatic heterocycles. The molecular formula is C8H5Cl3O2. The molecule has 0 fully saturated rings. The van der Waals surface area contributed by atoms with E-state index in [0.717, 1.165) is 0 Å². The molecule has 1 rings (SSSR count). The van der Waals surface area contributed by atoms with Crippen molar-refractivity contribution in [1.29, 1.82) is 0 Å². The Labute approximate surface area is 90.3 Å². The first-order valence-corrected chi connectivity index (χ1v) is 4.55. The Balaban J connectivity index is 2.82. The molecule has 0 spiro atoms. The quantitative estimate of drug-likeness (QED) is 0.577. The Morgan fingerprint density at radius 1 is 1.38 bits per heavy atom. The fourth-order valence-electron chi connectivity index (χ4n) is 0.804.